The van der Waals surface area contributed by atoms with E-state index in [9.17, 15) is 25.5 Å². The second kappa shape index (κ2) is 23.7. The first kappa shape index (κ1) is 47.7. The Morgan fingerprint density at radius 1 is 0.350 bits per heavy atom. The third-order valence-corrected chi connectivity index (χ3v) is 9.65. The van der Waals surface area contributed by atoms with Crippen molar-refractivity contribution in [1.29, 1.82) is 0 Å². The van der Waals surface area contributed by atoms with Crippen molar-refractivity contribution in [1.82, 2.24) is 0 Å². The molecule has 0 radical (unpaired) electrons. The van der Waals surface area contributed by atoms with Crippen LogP contribution in [0.5, 0.6) is 57.5 Å². The molecule has 0 amide bonds. The molecule has 10 nitrogen and oxygen atoms in total. The molecule has 0 atom stereocenters. The van der Waals surface area contributed by atoms with Gasteiger partial charge in [-0.25, -0.2) is 0 Å². The van der Waals surface area contributed by atoms with E-state index in [2.05, 4.69) is 49.4 Å². The van der Waals surface area contributed by atoms with Crippen molar-refractivity contribution in [3.63, 3.8) is 0 Å². The largest absolute Gasteiger partial charge is 0.508 e. The average molecular weight is 821 g/mol. The minimum absolute atomic E-state index is 0. The van der Waals surface area contributed by atoms with Gasteiger partial charge in [0, 0.05) is 6.07 Å². The van der Waals surface area contributed by atoms with Crippen LogP contribution in [-0.2, 0) is 38.5 Å². The van der Waals surface area contributed by atoms with Crippen LogP contribution in [0.3, 0.4) is 0 Å². The molecular formula is C50H60O10. The van der Waals surface area contributed by atoms with Crippen molar-refractivity contribution < 1.29 is 49.2 Å². The van der Waals surface area contributed by atoms with Gasteiger partial charge in [-0.2, -0.15) is 0 Å². The second-order valence-electron chi connectivity index (χ2n) is 14.0. The number of ether oxygens (including phenoxy) is 5. The molecule has 0 aromatic heterocycles. The summed E-state index contributed by atoms with van der Waals surface area (Å²) in [5.41, 5.74) is 8.89. The van der Waals surface area contributed by atoms with Gasteiger partial charge < -0.3 is 49.2 Å². The molecule has 10 heteroatoms. The number of rotatable bonds is 14. The van der Waals surface area contributed by atoms with Crippen LogP contribution in [0.2, 0.25) is 0 Å². The van der Waals surface area contributed by atoms with E-state index in [1.807, 2.05) is 31.2 Å². The molecule has 0 saturated heterocycles. The first-order valence-corrected chi connectivity index (χ1v) is 19.2. The lowest BCUT2D eigenvalue weighted by Gasteiger charge is -2.12. The molecule has 0 saturated carbocycles. The molecule has 0 aliphatic heterocycles. The minimum atomic E-state index is 0. The Labute approximate surface area is 354 Å². The summed E-state index contributed by atoms with van der Waals surface area (Å²) in [6.45, 7) is 4.09. The highest BCUT2D eigenvalue weighted by atomic mass is 16.5. The van der Waals surface area contributed by atoms with Gasteiger partial charge in [-0.1, -0.05) is 61.5 Å². The highest BCUT2D eigenvalue weighted by molar-refractivity contribution is 5.54. The van der Waals surface area contributed by atoms with E-state index < -0.39 is 0 Å². The Morgan fingerprint density at radius 2 is 0.700 bits per heavy atom. The van der Waals surface area contributed by atoms with Crippen molar-refractivity contribution in [3.8, 4) is 57.5 Å². The van der Waals surface area contributed by atoms with Crippen molar-refractivity contribution >= 4 is 0 Å². The van der Waals surface area contributed by atoms with Gasteiger partial charge in [-0.05, 0) is 146 Å². The number of phenols is 5. The fourth-order valence-electron chi connectivity index (χ4n) is 6.34. The molecule has 0 heterocycles. The van der Waals surface area contributed by atoms with Crippen LogP contribution in [0.1, 0.15) is 51.9 Å². The van der Waals surface area contributed by atoms with Gasteiger partial charge >= 0.3 is 0 Å². The SMILES string of the molecule is C.COc1cc(CCc2cc(OC)c(O)c(OC)c2)ccc1C.COc1cc(CCc2cccc(O)c2)cc(OC)c1O.Cc1ccc(CCc2cc(O)cc(O)c2)cc1. The van der Waals surface area contributed by atoms with Crippen LogP contribution in [0.4, 0.5) is 0 Å². The monoisotopic (exact) mass is 820 g/mol. The molecule has 60 heavy (non-hydrogen) atoms. The van der Waals surface area contributed by atoms with E-state index in [0.717, 1.165) is 72.1 Å². The normalized spacial score (nSPS) is 10.2. The standard InChI is InChI=1S/C18H22O4.C16H18O4.C15H16O2.CH4/c1-12-5-6-13(9-15(12)20-2)7-8-14-10-16(21-3)18(19)17(11-14)22-4;1-19-14-9-12(10-15(20-2)16(14)18)7-6-11-4-3-5-13(17)8-11;1-11-2-4-12(5-3-11)6-7-13-8-14(16)10-15(17)9-13;/h5-6,9-11,19H,7-8H2,1-4H3;3-5,8-10,17-18H,6-7H2,1-2H3;2-5,8-10,16-17H,6-7H2,1H3;1H4. The summed E-state index contributed by atoms with van der Waals surface area (Å²) in [5, 5.41) is 48.0. The maximum Gasteiger partial charge on any atom is 0.200 e. The second-order valence-corrected chi connectivity index (χ2v) is 14.0. The van der Waals surface area contributed by atoms with Crippen LogP contribution in [-0.4, -0.2) is 61.1 Å². The van der Waals surface area contributed by atoms with E-state index in [4.69, 9.17) is 23.7 Å². The summed E-state index contributed by atoms with van der Waals surface area (Å²) >= 11 is 0. The number of aromatic hydroxyl groups is 5. The molecule has 5 N–H and O–H groups in total. The molecule has 0 aliphatic rings. The van der Waals surface area contributed by atoms with E-state index in [1.165, 1.54) is 51.2 Å². The number of phenolic OH excluding ortho intramolecular Hbond substituents is 5. The van der Waals surface area contributed by atoms with Crippen LogP contribution < -0.4 is 23.7 Å². The van der Waals surface area contributed by atoms with Gasteiger partial charge in [-0.15, -0.1) is 0 Å². The molecule has 0 bridgehead atoms. The maximum absolute atomic E-state index is 9.93. The Morgan fingerprint density at radius 3 is 1.13 bits per heavy atom. The van der Waals surface area contributed by atoms with Gasteiger partial charge in [0.05, 0.1) is 35.5 Å². The van der Waals surface area contributed by atoms with Crippen LogP contribution in [0, 0.1) is 13.8 Å². The summed E-state index contributed by atoms with van der Waals surface area (Å²) in [4.78, 5) is 0. The molecule has 0 spiro atoms. The lowest BCUT2D eigenvalue weighted by molar-refractivity contribution is 0.339. The van der Waals surface area contributed by atoms with Crippen LogP contribution >= 0.6 is 0 Å². The third kappa shape index (κ3) is 14.3. The topological polar surface area (TPSA) is 147 Å². The Balaban J connectivity index is 0.000000240. The fourth-order valence-corrected chi connectivity index (χ4v) is 6.34. The fraction of sp³-hybridized carbons (Fsp3) is 0.280. The summed E-state index contributed by atoms with van der Waals surface area (Å²) in [5.74, 6) is 3.09. The predicted molar refractivity (Wildman–Crippen MR) is 238 cm³/mol. The van der Waals surface area contributed by atoms with Crippen molar-refractivity contribution in [2.75, 3.05) is 35.5 Å². The summed E-state index contributed by atoms with van der Waals surface area (Å²) in [7, 11) is 7.76. The molecular weight excluding hydrogens is 761 g/mol. The smallest absolute Gasteiger partial charge is 0.200 e. The van der Waals surface area contributed by atoms with Gasteiger partial charge in [0.25, 0.3) is 0 Å². The van der Waals surface area contributed by atoms with E-state index in [-0.39, 0.29) is 36.2 Å². The number of hydrogen-bond donors (Lipinski definition) is 5. The average Bonchev–Trinajstić information content (AvgIpc) is 3.23. The zero-order valence-electron chi connectivity index (χ0n) is 34.9. The van der Waals surface area contributed by atoms with E-state index in [0.29, 0.717) is 23.0 Å². The van der Waals surface area contributed by atoms with E-state index in [1.54, 1.807) is 43.5 Å². The van der Waals surface area contributed by atoms with Crippen LogP contribution in [0.25, 0.3) is 0 Å². The van der Waals surface area contributed by atoms with Gasteiger partial charge in [0.1, 0.15) is 23.0 Å². The molecule has 6 aromatic carbocycles. The molecule has 0 aliphatic carbocycles. The van der Waals surface area contributed by atoms with Crippen molar-refractivity contribution in [2.45, 2.75) is 59.8 Å². The van der Waals surface area contributed by atoms with Gasteiger partial charge in [0.15, 0.2) is 23.0 Å². The molecule has 0 fully saturated rings. The van der Waals surface area contributed by atoms with Crippen LogP contribution in [0.15, 0.2) is 109 Å². The third-order valence-electron chi connectivity index (χ3n) is 9.65. The van der Waals surface area contributed by atoms with Gasteiger partial charge in [0.2, 0.25) is 11.5 Å². The molecule has 0 unspecified atom stereocenters. The zero-order valence-corrected chi connectivity index (χ0v) is 34.9. The predicted octanol–water partition coefficient (Wildman–Crippen LogP) is 10.2. The lowest BCUT2D eigenvalue weighted by atomic mass is 10.0. The zero-order chi connectivity index (χ0) is 42.9. The molecule has 6 aromatic rings. The highest BCUT2D eigenvalue weighted by Gasteiger charge is 2.13. The first-order chi connectivity index (χ1) is 28.3. The summed E-state index contributed by atoms with van der Waals surface area (Å²) in [6.07, 6.45) is 4.95. The highest BCUT2D eigenvalue weighted by Crippen LogP contribution is 2.38. The molecule has 6 rings (SSSR count). The first-order valence-electron chi connectivity index (χ1n) is 19.2. The Hall–Kier alpha value is -6.68. The van der Waals surface area contributed by atoms with Gasteiger partial charge in [-0.3, -0.25) is 0 Å². The number of methoxy groups -OCH3 is 5. The summed E-state index contributed by atoms with van der Waals surface area (Å²) in [6, 6.07) is 33.8. The molecule has 320 valence electrons. The minimum Gasteiger partial charge on any atom is -0.508 e. The summed E-state index contributed by atoms with van der Waals surface area (Å²) < 4.78 is 26.0. The number of aryl methyl sites for hydroxylation is 8. The maximum atomic E-state index is 9.93. The lowest BCUT2D eigenvalue weighted by Crippen LogP contribution is -1.96. The Bertz CT molecular complexity index is 2180. The van der Waals surface area contributed by atoms with Crippen molar-refractivity contribution in [2.24, 2.45) is 0 Å². The Kier molecular flexibility index (Phi) is 18.8. The van der Waals surface area contributed by atoms with E-state index >= 15 is 0 Å². The number of hydrogen-bond acceptors (Lipinski definition) is 10. The number of benzene rings is 6. The quantitative estimate of drug-likeness (QED) is 0.0719. The van der Waals surface area contributed by atoms with Crippen molar-refractivity contribution in [3.05, 3.63) is 154 Å².